The largest absolute Gasteiger partial charge is 0.345 e. The van der Waals surface area contributed by atoms with Crippen molar-refractivity contribution in [3.8, 4) is 0 Å². The normalized spacial score (nSPS) is 34.3. The van der Waals surface area contributed by atoms with Crippen LogP contribution in [-0.2, 0) is 4.79 Å². The standard InChI is InChI=1S/C24H31ClFN3OS.ClH/c1-14(2)29-19(9-22(30)27-21-4-3-18(25)8-20(21)26)13-31-23(29)28-24-10-15-5-16(11-24)7-17(6-15)12-24;/h3-4,8,14-17,19H,5-7,9-13H2,1-2H3,(H,27,30);1H. The third kappa shape index (κ3) is 4.78. The van der Waals surface area contributed by atoms with Gasteiger partial charge in [-0.25, -0.2) is 4.39 Å². The van der Waals surface area contributed by atoms with Crippen LogP contribution in [0.4, 0.5) is 10.1 Å². The summed E-state index contributed by atoms with van der Waals surface area (Å²) in [5.74, 6) is 2.76. The predicted molar refractivity (Wildman–Crippen MR) is 133 cm³/mol. The Kier molecular flexibility index (Phi) is 7.05. The van der Waals surface area contributed by atoms with Crippen molar-refractivity contribution in [1.29, 1.82) is 0 Å². The maximum absolute atomic E-state index is 14.1. The van der Waals surface area contributed by atoms with E-state index in [2.05, 4.69) is 24.1 Å². The van der Waals surface area contributed by atoms with E-state index >= 15 is 0 Å². The molecule has 1 heterocycles. The average Bonchev–Trinajstić information content (AvgIpc) is 3.04. The molecule has 0 radical (unpaired) electrons. The lowest BCUT2D eigenvalue weighted by Crippen LogP contribution is -2.50. The Morgan fingerprint density at radius 3 is 2.44 bits per heavy atom. The zero-order chi connectivity index (χ0) is 21.8. The van der Waals surface area contributed by atoms with E-state index in [0.717, 1.165) is 28.7 Å². The van der Waals surface area contributed by atoms with Crippen molar-refractivity contribution in [3.05, 3.63) is 29.0 Å². The first kappa shape index (κ1) is 24.2. The van der Waals surface area contributed by atoms with Crippen LogP contribution in [0.5, 0.6) is 0 Å². The molecule has 1 atom stereocenters. The van der Waals surface area contributed by atoms with Gasteiger partial charge in [0.05, 0.1) is 11.2 Å². The Morgan fingerprint density at radius 2 is 1.88 bits per heavy atom. The summed E-state index contributed by atoms with van der Waals surface area (Å²) >= 11 is 7.61. The molecule has 1 aromatic carbocycles. The van der Waals surface area contributed by atoms with Crippen LogP contribution in [0.2, 0.25) is 5.02 Å². The number of halogens is 3. The average molecular weight is 501 g/mol. The Bertz CT molecular complexity index is 874. The number of nitrogens with zero attached hydrogens (tertiary/aromatic N) is 2. The van der Waals surface area contributed by atoms with Gasteiger partial charge in [0.2, 0.25) is 5.91 Å². The van der Waals surface area contributed by atoms with Crippen molar-refractivity contribution in [2.75, 3.05) is 11.1 Å². The van der Waals surface area contributed by atoms with E-state index in [9.17, 15) is 9.18 Å². The van der Waals surface area contributed by atoms with E-state index in [1.54, 1.807) is 17.8 Å². The van der Waals surface area contributed by atoms with Gasteiger partial charge in [-0.15, -0.1) is 12.4 Å². The number of carbonyl (C=O) groups excluding carboxylic acids is 1. The molecule has 32 heavy (non-hydrogen) atoms. The molecule has 1 aliphatic heterocycles. The van der Waals surface area contributed by atoms with Crippen molar-refractivity contribution in [3.63, 3.8) is 0 Å². The fourth-order valence-corrected chi connectivity index (χ4v) is 8.33. The number of anilines is 1. The molecule has 0 aromatic heterocycles. The van der Waals surface area contributed by atoms with Crippen LogP contribution in [-0.4, -0.2) is 39.4 Å². The number of thioether (sulfide) groups is 1. The Balaban J connectivity index is 0.00000245. The molecule has 4 saturated carbocycles. The van der Waals surface area contributed by atoms with Crippen molar-refractivity contribution >= 4 is 52.5 Å². The summed E-state index contributed by atoms with van der Waals surface area (Å²) in [6.45, 7) is 4.34. The molecule has 4 bridgehead atoms. The maximum Gasteiger partial charge on any atom is 0.226 e. The molecule has 1 aromatic rings. The second kappa shape index (κ2) is 9.34. The number of amidine groups is 1. The van der Waals surface area contributed by atoms with Gasteiger partial charge in [-0.2, -0.15) is 0 Å². The van der Waals surface area contributed by atoms with Gasteiger partial charge in [0, 0.05) is 29.3 Å². The fraction of sp³-hybridized carbons (Fsp3) is 0.667. The zero-order valence-electron chi connectivity index (χ0n) is 18.7. The van der Waals surface area contributed by atoms with Gasteiger partial charge in [0.1, 0.15) is 5.82 Å². The predicted octanol–water partition coefficient (Wildman–Crippen LogP) is 6.38. The second-order valence-corrected chi connectivity index (χ2v) is 11.8. The Labute approximate surface area is 205 Å². The lowest BCUT2D eigenvalue weighted by Gasteiger charge is -2.55. The highest BCUT2D eigenvalue weighted by atomic mass is 35.5. The minimum absolute atomic E-state index is 0. The number of hydrogen-bond donors (Lipinski definition) is 1. The number of amides is 1. The highest BCUT2D eigenvalue weighted by molar-refractivity contribution is 8.14. The van der Waals surface area contributed by atoms with Crippen molar-refractivity contribution in [1.82, 2.24) is 4.90 Å². The van der Waals surface area contributed by atoms with Crippen molar-refractivity contribution < 1.29 is 9.18 Å². The molecule has 6 rings (SSSR count). The van der Waals surface area contributed by atoms with E-state index in [-0.39, 0.29) is 41.6 Å². The molecule has 1 saturated heterocycles. The van der Waals surface area contributed by atoms with Gasteiger partial charge < -0.3 is 10.2 Å². The van der Waals surface area contributed by atoms with Crippen LogP contribution < -0.4 is 5.32 Å². The molecule has 1 unspecified atom stereocenters. The van der Waals surface area contributed by atoms with Crippen LogP contribution in [0.1, 0.15) is 58.8 Å². The molecule has 5 fully saturated rings. The van der Waals surface area contributed by atoms with E-state index in [0.29, 0.717) is 11.4 Å². The summed E-state index contributed by atoms with van der Waals surface area (Å²) < 4.78 is 14.1. The third-order valence-corrected chi connectivity index (χ3v) is 8.89. The smallest absolute Gasteiger partial charge is 0.226 e. The summed E-state index contributed by atoms with van der Waals surface area (Å²) in [5, 5.41) is 4.15. The first-order valence-electron chi connectivity index (χ1n) is 11.6. The van der Waals surface area contributed by atoms with Gasteiger partial charge in [-0.1, -0.05) is 23.4 Å². The van der Waals surface area contributed by atoms with Crippen molar-refractivity contribution in [2.45, 2.75) is 76.4 Å². The molecule has 8 heteroatoms. The zero-order valence-corrected chi connectivity index (χ0v) is 21.0. The van der Waals surface area contributed by atoms with Gasteiger partial charge in [0.15, 0.2) is 5.17 Å². The molecule has 1 N–H and O–H groups in total. The number of benzene rings is 1. The monoisotopic (exact) mass is 499 g/mol. The number of rotatable bonds is 5. The van der Waals surface area contributed by atoms with Gasteiger partial charge in [0.25, 0.3) is 0 Å². The number of carbonyl (C=O) groups is 1. The van der Waals surface area contributed by atoms with E-state index in [1.807, 2.05) is 0 Å². The molecular weight excluding hydrogens is 468 g/mol. The van der Waals surface area contributed by atoms with Crippen LogP contribution in [0.15, 0.2) is 23.2 Å². The molecule has 176 valence electrons. The quantitative estimate of drug-likeness (QED) is 0.510. The Hall–Kier alpha value is -0.980. The Morgan fingerprint density at radius 1 is 1.25 bits per heavy atom. The van der Waals surface area contributed by atoms with Crippen LogP contribution in [0.25, 0.3) is 0 Å². The summed E-state index contributed by atoms with van der Waals surface area (Å²) in [6.07, 6.45) is 8.30. The second-order valence-electron chi connectivity index (χ2n) is 10.4. The van der Waals surface area contributed by atoms with Gasteiger partial charge in [-0.05, 0) is 88.3 Å². The first-order valence-corrected chi connectivity index (χ1v) is 12.9. The highest BCUT2D eigenvalue weighted by Gasteiger charge is 2.51. The lowest BCUT2D eigenvalue weighted by atomic mass is 9.53. The molecule has 1 amide bonds. The summed E-state index contributed by atoms with van der Waals surface area (Å²) in [4.78, 5) is 20.5. The first-order chi connectivity index (χ1) is 14.8. The number of aliphatic imine (C=N–C) groups is 1. The van der Waals surface area contributed by atoms with E-state index < -0.39 is 5.82 Å². The SMILES string of the molecule is CC(C)N1C(=NC23CC4CC(CC(C4)C2)C3)SCC1CC(=O)Nc1ccc(Cl)cc1F.Cl. The molecule has 5 aliphatic rings. The molecule has 4 aliphatic carbocycles. The summed E-state index contributed by atoms with van der Waals surface area (Å²) in [6, 6.07) is 4.67. The molecule has 0 spiro atoms. The minimum atomic E-state index is -0.508. The van der Waals surface area contributed by atoms with E-state index in [4.69, 9.17) is 16.6 Å². The molecular formula is C24H32Cl2FN3OS. The topological polar surface area (TPSA) is 44.7 Å². The fourth-order valence-electron chi connectivity index (χ4n) is 6.78. The highest BCUT2D eigenvalue weighted by Crippen LogP contribution is 2.57. The van der Waals surface area contributed by atoms with Gasteiger partial charge in [-0.3, -0.25) is 9.79 Å². The number of hydrogen-bond acceptors (Lipinski definition) is 3. The van der Waals surface area contributed by atoms with Crippen molar-refractivity contribution in [2.24, 2.45) is 22.7 Å². The van der Waals surface area contributed by atoms with E-state index in [1.165, 1.54) is 50.7 Å². The van der Waals surface area contributed by atoms with Crippen LogP contribution >= 0.6 is 35.8 Å². The lowest BCUT2D eigenvalue weighted by molar-refractivity contribution is -0.117. The number of nitrogens with one attached hydrogen (secondary N) is 1. The van der Waals surface area contributed by atoms with Crippen LogP contribution in [0, 0.1) is 23.6 Å². The molecule has 4 nitrogen and oxygen atoms in total. The third-order valence-electron chi connectivity index (χ3n) is 7.54. The summed E-state index contributed by atoms with van der Waals surface area (Å²) in [7, 11) is 0. The summed E-state index contributed by atoms with van der Waals surface area (Å²) in [5.41, 5.74) is 0.312. The minimum Gasteiger partial charge on any atom is -0.345 e. The maximum atomic E-state index is 14.1. The van der Waals surface area contributed by atoms with Crippen LogP contribution in [0.3, 0.4) is 0 Å². The van der Waals surface area contributed by atoms with Gasteiger partial charge >= 0.3 is 0 Å².